The number of carbonyl (C=O) groups is 2. The maximum Gasteiger partial charge on any atom is 0.232 e. The first-order valence-electron chi connectivity index (χ1n) is 8.11. The Balaban J connectivity index is 1.51. The molecule has 0 spiro atoms. The Morgan fingerprint density at radius 3 is 2.47 bits per heavy atom. The summed E-state index contributed by atoms with van der Waals surface area (Å²) >= 11 is 0. The molecule has 0 N–H and O–H groups in total. The lowest BCUT2D eigenvalue weighted by Gasteiger charge is -2.26. The van der Waals surface area contributed by atoms with E-state index in [0.717, 1.165) is 38.1 Å². The van der Waals surface area contributed by atoms with Crippen molar-refractivity contribution in [2.45, 2.75) is 51.4 Å². The van der Waals surface area contributed by atoms with Gasteiger partial charge >= 0.3 is 0 Å². The van der Waals surface area contributed by atoms with Crippen LogP contribution in [0.25, 0.3) is 0 Å². The molecule has 3 saturated carbocycles. The summed E-state index contributed by atoms with van der Waals surface area (Å²) in [5, 5.41) is 0. The van der Waals surface area contributed by atoms with Gasteiger partial charge in [0.25, 0.3) is 0 Å². The van der Waals surface area contributed by atoms with E-state index in [1.54, 1.807) is 4.90 Å². The molecule has 4 fully saturated rings. The van der Waals surface area contributed by atoms with Gasteiger partial charge in [0.15, 0.2) is 0 Å². The van der Waals surface area contributed by atoms with Crippen LogP contribution in [0.2, 0.25) is 0 Å². The molecule has 1 heterocycles. The molecule has 0 aromatic carbocycles. The minimum Gasteiger partial charge on any atom is -0.282 e. The van der Waals surface area contributed by atoms with E-state index >= 15 is 0 Å². The molecule has 4 unspecified atom stereocenters. The highest BCUT2D eigenvalue weighted by Crippen LogP contribution is 2.55. The Hall–Kier alpha value is -0.860. The molecule has 4 atom stereocenters. The molecule has 3 aliphatic carbocycles. The number of fused-ring (bicyclic) bond motifs is 5. The van der Waals surface area contributed by atoms with Gasteiger partial charge in [-0.2, -0.15) is 0 Å². The summed E-state index contributed by atoms with van der Waals surface area (Å²) in [6.07, 6.45) is 9.37. The number of hydrogen-bond acceptors (Lipinski definition) is 2. The SMILES string of the molecule is O=C(C1CCCCC1)N1CC2C3CCC(C3)C2C1=O. The van der Waals surface area contributed by atoms with Gasteiger partial charge in [-0.1, -0.05) is 19.3 Å². The van der Waals surface area contributed by atoms with Gasteiger partial charge < -0.3 is 0 Å². The van der Waals surface area contributed by atoms with Crippen LogP contribution in [-0.4, -0.2) is 23.3 Å². The van der Waals surface area contributed by atoms with Crippen LogP contribution in [0.3, 0.4) is 0 Å². The van der Waals surface area contributed by atoms with E-state index < -0.39 is 0 Å². The van der Waals surface area contributed by atoms with Crippen LogP contribution in [-0.2, 0) is 9.59 Å². The highest BCUT2D eigenvalue weighted by Gasteiger charge is 2.57. The van der Waals surface area contributed by atoms with Crippen molar-refractivity contribution in [3.63, 3.8) is 0 Å². The van der Waals surface area contributed by atoms with Crippen LogP contribution in [0.5, 0.6) is 0 Å². The van der Waals surface area contributed by atoms with Gasteiger partial charge in [0.05, 0.1) is 0 Å². The Kier molecular flexibility index (Phi) is 2.71. The van der Waals surface area contributed by atoms with Gasteiger partial charge in [-0.25, -0.2) is 0 Å². The van der Waals surface area contributed by atoms with E-state index in [1.807, 2.05) is 0 Å². The van der Waals surface area contributed by atoms with E-state index in [4.69, 9.17) is 0 Å². The zero-order valence-corrected chi connectivity index (χ0v) is 11.5. The Labute approximate surface area is 114 Å². The maximum absolute atomic E-state index is 12.6. The number of imide groups is 1. The van der Waals surface area contributed by atoms with E-state index in [9.17, 15) is 9.59 Å². The second-order valence-corrected chi connectivity index (χ2v) is 7.14. The quantitative estimate of drug-likeness (QED) is 0.680. The molecule has 2 amide bonds. The molecule has 3 nitrogen and oxygen atoms in total. The average Bonchev–Trinajstić information content (AvgIpc) is 3.12. The molecule has 0 aromatic rings. The molecule has 19 heavy (non-hydrogen) atoms. The molecule has 0 radical (unpaired) electrons. The fourth-order valence-corrected chi connectivity index (χ4v) is 5.31. The Bertz CT molecular complexity index is 413. The lowest BCUT2D eigenvalue weighted by molar-refractivity contribution is -0.147. The smallest absolute Gasteiger partial charge is 0.232 e. The molecule has 1 aliphatic heterocycles. The third-order valence-electron chi connectivity index (χ3n) is 6.25. The van der Waals surface area contributed by atoms with E-state index in [2.05, 4.69) is 0 Å². The number of carbonyl (C=O) groups excluding carboxylic acids is 2. The summed E-state index contributed by atoms with van der Waals surface area (Å²) < 4.78 is 0. The number of rotatable bonds is 1. The molecule has 3 heteroatoms. The third kappa shape index (κ3) is 1.70. The molecular formula is C16H23NO2. The molecule has 2 bridgehead atoms. The van der Waals surface area contributed by atoms with Gasteiger partial charge in [-0.15, -0.1) is 0 Å². The molecule has 4 rings (SSSR count). The summed E-state index contributed by atoms with van der Waals surface area (Å²) in [6, 6.07) is 0. The standard InChI is InChI=1S/C16H23NO2/c18-15(10-4-2-1-3-5-10)17-9-13-11-6-7-12(8-11)14(13)16(17)19/h10-14H,1-9H2. The molecule has 104 valence electrons. The van der Waals surface area contributed by atoms with Gasteiger partial charge in [0.2, 0.25) is 11.8 Å². The molecule has 4 aliphatic rings. The summed E-state index contributed by atoms with van der Waals surface area (Å²) in [5.41, 5.74) is 0. The van der Waals surface area contributed by atoms with Crippen molar-refractivity contribution in [2.24, 2.45) is 29.6 Å². The number of nitrogens with zero attached hydrogens (tertiary/aromatic N) is 1. The molecule has 1 saturated heterocycles. The first-order chi connectivity index (χ1) is 9.25. The van der Waals surface area contributed by atoms with E-state index in [0.29, 0.717) is 11.8 Å². The predicted molar refractivity (Wildman–Crippen MR) is 71.1 cm³/mol. The lowest BCUT2D eigenvalue weighted by atomic mass is 9.81. The zero-order chi connectivity index (χ0) is 13.0. The second kappa shape index (κ2) is 4.32. The lowest BCUT2D eigenvalue weighted by Crippen LogP contribution is -2.39. The maximum atomic E-state index is 12.6. The van der Waals surface area contributed by atoms with Crippen molar-refractivity contribution >= 4 is 11.8 Å². The van der Waals surface area contributed by atoms with Gasteiger partial charge in [0.1, 0.15) is 0 Å². The highest BCUT2D eigenvalue weighted by atomic mass is 16.2. The summed E-state index contributed by atoms with van der Waals surface area (Å²) in [5.74, 6) is 2.57. The van der Waals surface area contributed by atoms with Crippen LogP contribution >= 0.6 is 0 Å². The summed E-state index contributed by atoms with van der Waals surface area (Å²) in [4.78, 5) is 26.8. The van der Waals surface area contributed by atoms with E-state index in [1.165, 1.54) is 25.7 Å². The van der Waals surface area contributed by atoms with E-state index in [-0.39, 0.29) is 23.7 Å². The van der Waals surface area contributed by atoms with Crippen LogP contribution in [0.15, 0.2) is 0 Å². The second-order valence-electron chi connectivity index (χ2n) is 7.14. The molecule has 0 aromatic heterocycles. The first-order valence-corrected chi connectivity index (χ1v) is 8.11. The van der Waals surface area contributed by atoms with Crippen molar-refractivity contribution < 1.29 is 9.59 Å². The van der Waals surface area contributed by atoms with Crippen molar-refractivity contribution in [2.75, 3.05) is 6.54 Å². The number of likely N-dealkylation sites (tertiary alicyclic amines) is 1. The monoisotopic (exact) mass is 261 g/mol. The minimum atomic E-state index is 0.147. The van der Waals surface area contributed by atoms with Crippen LogP contribution < -0.4 is 0 Å². The van der Waals surface area contributed by atoms with Crippen LogP contribution in [0.1, 0.15) is 51.4 Å². The number of hydrogen-bond donors (Lipinski definition) is 0. The zero-order valence-electron chi connectivity index (χ0n) is 11.5. The van der Waals surface area contributed by atoms with Crippen LogP contribution in [0.4, 0.5) is 0 Å². The fourth-order valence-electron chi connectivity index (χ4n) is 5.31. The van der Waals surface area contributed by atoms with Crippen molar-refractivity contribution in [3.05, 3.63) is 0 Å². The van der Waals surface area contributed by atoms with Crippen molar-refractivity contribution in [3.8, 4) is 0 Å². The Morgan fingerprint density at radius 1 is 1.00 bits per heavy atom. The summed E-state index contributed by atoms with van der Waals surface area (Å²) in [6.45, 7) is 0.750. The normalized spacial score (nSPS) is 41.9. The minimum absolute atomic E-state index is 0.147. The number of amides is 2. The van der Waals surface area contributed by atoms with Gasteiger partial charge in [-0.05, 0) is 49.9 Å². The average molecular weight is 261 g/mol. The van der Waals surface area contributed by atoms with Crippen molar-refractivity contribution in [1.29, 1.82) is 0 Å². The fraction of sp³-hybridized carbons (Fsp3) is 0.875. The largest absolute Gasteiger partial charge is 0.282 e. The predicted octanol–water partition coefficient (Wildman–Crippen LogP) is 2.60. The van der Waals surface area contributed by atoms with Gasteiger partial charge in [0, 0.05) is 18.4 Å². The highest BCUT2D eigenvalue weighted by molar-refractivity contribution is 5.99. The topological polar surface area (TPSA) is 37.4 Å². The Morgan fingerprint density at radius 2 is 1.74 bits per heavy atom. The first kappa shape index (κ1) is 11.9. The van der Waals surface area contributed by atoms with Gasteiger partial charge in [-0.3, -0.25) is 14.5 Å². The third-order valence-corrected chi connectivity index (χ3v) is 6.25. The molecular weight excluding hydrogens is 238 g/mol. The van der Waals surface area contributed by atoms with Crippen LogP contribution in [0, 0.1) is 29.6 Å². The summed E-state index contributed by atoms with van der Waals surface area (Å²) in [7, 11) is 0. The van der Waals surface area contributed by atoms with Crippen molar-refractivity contribution in [1.82, 2.24) is 4.90 Å².